The van der Waals surface area contributed by atoms with Crippen molar-refractivity contribution < 1.29 is 19.4 Å². The maximum Gasteiger partial charge on any atom is 0.306 e. The number of hydrogen-bond donors (Lipinski definition) is 1. The van der Waals surface area contributed by atoms with Gasteiger partial charge in [0.15, 0.2) is 0 Å². The van der Waals surface area contributed by atoms with Crippen molar-refractivity contribution in [2.75, 3.05) is 0 Å². The number of carbonyl (C=O) groups excluding carboxylic acids is 1. The largest absolute Gasteiger partial charge is 0.481 e. The lowest BCUT2D eigenvalue weighted by Gasteiger charge is -2.17. The Bertz CT molecular complexity index is 693. The van der Waals surface area contributed by atoms with Gasteiger partial charge in [-0.05, 0) is 83.5 Å². The topological polar surface area (TPSA) is 63.6 Å². The van der Waals surface area contributed by atoms with Crippen molar-refractivity contribution in [3.63, 3.8) is 0 Å². The highest BCUT2D eigenvalue weighted by atomic mass is 16.5. The van der Waals surface area contributed by atoms with Gasteiger partial charge < -0.3 is 9.84 Å². The fourth-order valence-electron chi connectivity index (χ4n) is 5.31. The quantitative estimate of drug-likeness (QED) is 0.0461. The van der Waals surface area contributed by atoms with E-state index in [0.29, 0.717) is 12.8 Å². The molecule has 0 aromatic rings. The van der Waals surface area contributed by atoms with E-state index in [1.165, 1.54) is 109 Å². The van der Waals surface area contributed by atoms with Gasteiger partial charge in [0, 0.05) is 12.8 Å². The average molecular weight is 603 g/mol. The van der Waals surface area contributed by atoms with E-state index in [-0.39, 0.29) is 18.5 Å². The van der Waals surface area contributed by atoms with E-state index in [2.05, 4.69) is 50.3 Å². The zero-order valence-corrected chi connectivity index (χ0v) is 28.5. The molecule has 0 spiro atoms. The van der Waals surface area contributed by atoms with E-state index >= 15 is 0 Å². The lowest BCUT2D eigenvalue weighted by Crippen LogP contribution is -2.19. The fraction of sp³-hybridized carbons (Fsp3) is 0.795. The number of carboxylic acid groups (broad SMARTS) is 1. The summed E-state index contributed by atoms with van der Waals surface area (Å²) in [6.07, 6.45) is 44.5. The molecule has 1 unspecified atom stereocenters. The van der Waals surface area contributed by atoms with Gasteiger partial charge in [-0.1, -0.05) is 134 Å². The van der Waals surface area contributed by atoms with Gasteiger partial charge in [0.05, 0.1) is 0 Å². The minimum Gasteiger partial charge on any atom is -0.481 e. The summed E-state index contributed by atoms with van der Waals surface area (Å²) < 4.78 is 5.70. The first kappa shape index (κ1) is 41.2. The monoisotopic (exact) mass is 603 g/mol. The fourth-order valence-corrected chi connectivity index (χ4v) is 5.31. The number of carbonyl (C=O) groups is 2. The zero-order chi connectivity index (χ0) is 31.5. The van der Waals surface area contributed by atoms with E-state index in [9.17, 15) is 9.59 Å². The first-order chi connectivity index (χ1) is 21.1. The van der Waals surface area contributed by atoms with E-state index < -0.39 is 5.97 Å². The first-order valence-electron chi connectivity index (χ1n) is 18.5. The van der Waals surface area contributed by atoms with Crippen molar-refractivity contribution in [1.82, 2.24) is 0 Å². The predicted molar refractivity (Wildman–Crippen MR) is 186 cm³/mol. The van der Waals surface area contributed by atoms with E-state index in [4.69, 9.17) is 9.84 Å². The number of carboxylic acids is 1. The van der Waals surface area contributed by atoms with Gasteiger partial charge >= 0.3 is 11.9 Å². The number of unbranched alkanes of at least 4 members (excludes halogenated alkanes) is 19. The van der Waals surface area contributed by atoms with Crippen molar-refractivity contribution in [3.8, 4) is 0 Å². The third-order valence-corrected chi connectivity index (χ3v) is 8.10. The molecule has 0 saturated carbocycles. The molecule has 0 aliphatic heterocycles. The molecule has 4 nitrogen and oxygen atoms in total. The van der Waals surface area contributed by atoms with E-state index in [1.807, 2.05) is 0 Å². The highest BCUT2D eigenvalue weighted by Gasteiger charge is 2.15. The molecule has 4 heteroatoms. The number of ether oxygens (including phenoxy) is 1. The highest BCUT2D eigenvalue weighted by Crippen LogP contribution is 2.17. The van der Waals surface area contributed by atoms with Crippen LogP contribution in [-0.2, 0) is 14.3 Å². The molecule has 0 amide bonds. The summed E-state index contributed by atoms with van der Waals surface area (Å²) in [5.41, 5.74) is 0. The molecule has 0 aromatic heterocycles. The Labute approximate surface area is 267 Å². The standard InChI is InChI=1S/C39H70O4/c1-3-5-7-9-11-13-14-15-16-17-18-19-20-21-22-23-24-26-28-30-32-34-39(42)43-37(35-36-38(40)41)33-31-29-27-25-12-10-8-6-4-2/h11,13,15-16,21-22,37H,3-10,12,14,17-20,23-36H2,1-2H3,(H,40,41)/b13-11-,16-15-,22-21-. The Balaban J connectivity index is 3.72. The van der Waals surface area contributed by atoms with Crippen LogP contribution >= 0.6 is 0 Å². The Hall–Kier alpha value is -1.84. The Morgan fingerprint density at radius 3 is 1.49 bits per heavy atom. The number of aliphatic carboxylic acids is 1. The molecule has 250 valence electrons. The van der Waals surface area contributed by atoms with Crippen molar-refractivity contribution in [1.29, 1.82) is 0 Å². The van der Waals surface area contributed by atoms with Crippen LogP contribution < -0.4 is 0 Å². The lowest BCUT2D eigenvalue weighted by molar-refractivity contribution is -0.151. The van der Waals surface area contributed by atoms with Crippen LogP contribution in [0, 0.1) is 0 Å². The summed E-state index contributed by atoms with van der Waals surface area (Å²) in [5.74, 6) is -0.970. The molecule has 1 atom stereocenters. The molecule has 0 fully saturated rings. The van der Waals surface area contributed by atoms with Crippen LogP contribution in [0.5, 0.6) is 0 Å². The Morgan fingerprint density at radius 1 is 0.512 bits per heavy atom. The lowest BCUT2D eigenvalue weighted by atomic mass is 10.0. The van der Waals surface area contributed by atoms with Crippen LogP contribution in [0.1, 0.15) is 194 Å². The zero-order valence-electron chi connectivity index (χ0n) is 28.5. The van der Waals surface area contributed by atoms with Crippen LogP contribution in [0.25, 0.3) is 0 Å². The van der Waals surface area contributed by atoms with Crippen molar-refractivity contribution in [2.45, 2.75) is 200 Å². The van der Waals surface area contributed by atoms with Gasteiger partial charge in [0.1, 0.15) is 6.10 Å². The van der Waals surface area contributed by atoms with E-state index in [1.54, 1.807) is 0 Å². The highest BCUT2D eigenvalue weighted by molar-refractivity contribution is 5.69. The molecule has 0 rings (SSSR count). The van der Waals surface area contributed by atoms with Crippen molar-refractivity contribution >= 4 is 11.9 Å². The van der Waals surface area contributed by atoms with Gasteiger partial charge in [0.2, 0.25) is 0 Å². The second-order valence-electron chi connectivity index (χ2n) is 12.4. The third-order valence-electron chi connectivity index (χ3n) is 8.10. The van der Waals surface area contributed by atoms with Gasteiger partial charge in [-0.3, -0.25) is 9.59 Å². The molecule has 0 heterocycles. The number of allylic oxidation sites excluding steroid dienone is 6. The van der Waals surface area contributed by atoms with Crippen molar-refractivity contribution in [2.24, 2.45) is 0 Å². The second kappa shape index (κ2) is 34.6. The number of hydrogen-bond acceptors (Lipinski definition) is 3. The minimum atomic E-state index is -0.817. The SMILES string of the molecule is CCCCC/C=C\C/C=C\CCCC/C=C\CCCCCCCC(=O)OC(CCCCCCCCCCC)CCC(=O)O. The van der Waals surface area contributed by atoms with Crippen LogP contribution in [0.15, 0.2) is 36.5 Å². The molecule has 43 heavy (non-hydrogen) atoms. The molecule has 0 aromatic carbocycles. The normalized spacial score (nSPS) is 12.6. The molecule has 1 N–H and O–H groups in total. The minimum absolute atomic E-state index is 0.0680. The smallest absolute Gasteiger partial charge is 0.306 e. The van der Waals surface area contributed by atoms with Gasteiger partial charge in [-0.15, -0.1) is 0 Å². The summed E-state index contributed by atoms with van der Waals surface area (Å²) in [7, 11) is 0. The number of esters is 1. The van der Waals surface area contributed by atoms with Crippen LogP contribution in [0.4, 0.5) is 0 Å². The van der Waals surface area contributed by atoms with Gasteiger partial charge in [0.25, 0.3) is 0 Å². The Morgan fingerprint density at radius 2 is 0.930 bits per heavy atom. The summed E-state index contributed by atoms with van der Waals surface area (Å²) in [6, 6.07) is 0. The van der Waals surface area contributed by atoms with Crippen LogP contribution in [0.3, 0.4) is 0 Å². The van der Waals surface area contributed by atoms with E-state index in [0.717, 1.165) is 51.4 Å². The Kier molecular flexibility index (Phi) is 33.2. The van der Waals surface area contributed by atoms with Gasteiger partial charge in [-0.25, -0.2) is 0 Å². The average Bonchev–Trinajstić information content (AvgIpc) is 2.99. The number of rotatable bonds is 33. The summed E-state index contributed by atoms with van der Waals surface area (Å²) >= 11 is 0. The molecular weight excluding hydrogens is 532 g/mol. The van der Waals surface area contributed by atoms with Crippen molar-refractivity contribution in [3.05, 3.63) is 36.5 Å². The molecule has 0 aliphatic carbocycles. The molecule has 0 radical (unpaired) electrons. The second-order valence-corrected chi connectivity index (χ2v) is 12.4. The summed E-state index contributed by atoms with van der Waals surface area (Å²) in [6.45, 7) is 4.49. The summed E-state index contributed by atoms with van der Waals surface area (Å²) in [4.78, 5) is 23.4. The third kappa shape index (κ3) is 34.5. The van der Waals surface area contributed by atoms with Gasteiger partial charge in [-0.2, -0.15) is 0 Å². The summed E-state index contributed by atoms with van der Waals surface area (Å²) in [5, 5.41) is 9.07. The molecule has 0 aliphatic rings. The predicted octanol–water partition coefficient (Wildman–Crippen LogP) is 12.6. The molecule has 0 saturated heterocycles. The molecule has 0 bridgehead atoms. The maximum atomic E-state index is 12.4. The van der Waals surface area contributed by atoms with Crippen LogP contribution in [-0.4, -0.2) is 23.1 Å². The molecular formula is C39H70O4. The first-order valence-corrected chi connectivity index (χ1v) is 18.5. The van der Waals surface area contributed by atoms with Crippen LogP contribution in [0.2, 0.25) is 0 Å². The maximum absolute atomic E-state index is 12.4.